The van der Waals surface area contributed by atoms with E-state index in [2.05, 4.69) is 5.10 Å². The van der Waals surface area contributed by atoms with E-state index < -0.39 is 0 Å². The van der Waals surface area contributed by atoms with Crippen LogP contribution >= 0.6 is 0 Å². The Morgan fingerprint density at radius 1 is 1.06 bits per heavy atom. The summed E-state index contributed by atoms with van der Waals surface area (Å²) in [7, 11) is 0. The minimum absolute atomic E-state index is 0.271. The van der Waals surface area contributed by atoms with Crippen LogP contribution in [0.2, 0.25) is 0 Å². The Balaban J connectivity index is 2.28. The first-order chi connectivity index (χ1) is 8.25. The molecule has 3 nitrogen and oxygen atoms in total. The molecule has 17 heavy (non-hydrogen) atoms. The summed E-state index contributed by atoms with van der Waals surface area (Å²) in [6, 6.07) is 15.2. The second kappa shape index (κ2) is 3.63. The monoisotopic (exact) mass is 224 g/mol. The van der Waals surface area contributed by atoms with Gasteiger partial charge < -0.3 is 5.11 Å². The molecular weight excluding hydrogens is 212 g/mol. The molecule has 1 heterocycles. The lowest BCUT2D eigenvalue weighted by Crippen LogP contribution is -1.97. The molecule has 0 amide bonds. The van der Waals surface area contributed by atoms with Crippen LogP contribution in [0.25, 0.3) is 16.6 Å². The van der Waals surface area contributed by atoms with Crippen molar-refractivity contribution in [3.8, 4) is 11.4 Å². The van der Waals surface area contributed by atoms with E-state index in [-0.39, 0.29) is 5.75 Å². The van der Waals surface area contributed by atoms with Gasteiger partial charge in [-0.1, -0.05) is 18.2 Å². The molecular formula is C14H12N2O. The van der Waals surface area contributed by atoms with Crippen LogP contribution in [0.1, 0.15) is 5.69 Å². The standard InChI is InChI=1S/C14H12N2O/c1-10-13-9-12(17)7-8-14(13)15-16(10)11-5-3-2-4-6-11/h2-9,17H,1H3. The lowest BCUT2D eigenvalue weighted by Gasteiger charge is -2.02. The molecule has 0 saturated heterocycles. The number of benzene rings is 2. The van der Waals surface area contributed by atoms with Gasteiger partial charge in [0.2, 0.25) is 0 Å². The number of hydrogen-bond donors (Lipinski definition) is 1. The first kappa shape index (κ1) is 9.90. The van der Waals surface area contributed by atoms with Gasteiger partial charge in [-0.2, -0.15) is 5.10 Å². The molecule has 0 bridgehead atoms. The Labute approximate surface area is 98.9 Å². The summed E-state index contributed by atoms with van der Waals surface area (Å²) in [4.78, 5) is 0. The first-order valence-corrected chi connectivity index (χ1v) is 5.49. The van der Waals surface area contributed by atoms with Crippen molar-refractivity contribution in [2.45, 2.75) is 6.92 Å². The van der Waals surface area contributed by atoms with Crippen molar-refractivity contribution in [2.75, 3.05) is 0 Å². The van der Waals surface area contributed by atoms with Crippen LogP contribution in [-0.4, -0.2) is 14.9 Å². The van der Waals surface area contributed by atoms with E-state index in [0.717, 1.165) is 22.3 Å². The summed E-state index contributed by atoms with van der Waals surface area (Å²) in [6.45, 7) is 2.00. The van der Waals surface area contributed by atoms with Gasteiger partial charge in [-0.3, -0.25) is 0 Å². The van der Waals surface area contributed by atoms with E-state index in [9.17, 15) is 5.11 Å². The minimum atomic E-state index is 0.271. The maximum Gasteiger partial charge on any atom is 0.116 e. The molecule has 84 valence electrons. The van der Waals surface area contributed by atoms with Gasteiger partial charge in [0.1, 0.15) is 5.75 Å². The van der Waals surface area contributed by atoms with E-state index in [1.54, 1.807) is 12.1 Å². The molecule has 3 heteroatoms. The number of aromatic nitrogens is 2. The maximum absolute atomic E-state index is 9.50. The number of aromatic hydroxyl groups is 1. The molecule has 0 aliphatic rings. The number of rotatable bonds is 1. The molecule has 0 spiro atoms. The third-order valence-electron chi connectivity index (χ3n) is 2.90. The average Bonchev–Trinajstić information content (AvgIpc) is 2.68. The third-order valence-corrected chi connectivity index (χ3v) is 2.90. The van der Waals surface area contributed by atoms with Crippen molar-refractivity contribution in [3.05, 3.63) is 54.2 Å². The highest BCUT2D eigenvalue weighted by molar-refractivity contribution is 5.83. The Hall–Kier alpha value is -2.29. The summed E-state index contributed by atoms with van der Waals surface area (Å²) in [5.74, 6) is 0.271. The van der Waals surface area contributed by atoms with E-state index >= 15 is 0 Å². The van der Waals surface area contributed by atoms with Gasteiger partial charge in [-0.15, -0.1) is 0 Å². The summed E-state index contributed by atoms with van der Waals surface area (Å²) < 4.78 is 1.89. The van der Waals surface area contributed by atoms with Gasteiger partial charge in [0.05, 0.1) is 11.2 Å². The molecule has 0 fully saturated rings. The highest BCUT2D eigenvalue weighted by Crippen LogP contribution is 2.24. The fourth-order valence-corrected chi connectivity index (χ4v) is 2.02. The zero-order chi connectivity index (χ0) is 11.8. The average molecular weight is 224 g/mol. The lowest BCUT2D eigenvalue weighted by atomic mass is 10.2. The molecule has 0 atom stereocenters. The first-order valence-electron chi connectivity index (χ1n) is 5.49. The third kappa shape index (κ3) is 1.56. The molecule has 0 aliphatic carbocycles. The van der Waals surface area contributed by atoms with Gasteiger partial charge in [0, 0.05) is 11.1 Å². The van der Waals surface area contributed by atoms with E-state index in [1.807, 2.05) is 48.0 Å². The highest BCUT2D eigenvalue weighted by atomic mass is 16.3. The second-order valence-electron chi connectivity index (χ2n) is 4.03. The molecule has 3 rings (SSSR count). The molecule has 0 aliphatic heterocycles. The Morgan fingerprint density at radius 2 is 1.82 bits per heavy atom. The summed E-state index contributed by atoms with van der Waals surface area (Å²) in [5.41, 5.74) is 2.95. The minimum Gasteiger partial charge on any atom is -0.508 e. The number of phenolic OH excluding ortho intramolecular Hbond substituents is 1. The van der Waals surface area contributed by atoms with Crippen molar-refractivity contribution >= 4 is 10.9 Å². The van der Waals surface area contributed by atoms with Crippen molar-refractivity contribution in [1.82, 2.24) is 9.78 Å². The number of fused-ring (bicyclic) bond motifs is 1. The molecule has 1 aromatic heterocycles. The number of nitrogens with zero attached hydrogens (tertiary/aromatic N) is 2. The normalized spacial score (nSPS) is 10.9. The van der Waals surface area contributed by atoms with E-state index in [4.69, 9.17) is 0 Å². The molecule has 1 N–H and O–H groups in total. The number of para-hydroxylation sites is 1. The smallest absolute Gasteiger partial charge is 0.116 e. The number of phenols is 1. The Morgan fingerprint density at radius 3 is 2.59 bits per heavy atom. The van der Waals surface area contributed by atoms with Gasteiger partial charge in [0.25, 0.3) is 0 Å². The number of aryl methyl sites for hydroxylation is 1. The van der Waals surface area contributed by atoms with Gasteiger partial charge >= 0.3 is 0 Å². The lowest BCUT2D eigenvalue weighted by molar-refractivity contribution is 0.476. The molecule has 0 radical (unpaired) electrons. The number of hydrogen-bond acceptors (Lipinski definition) is 2. The Kier molecular flexibility index (Phi) is 2.11. The van der Waals surface area contributed by atoms with Crippen LogP contribution in [0.15, 0.2) is 48.5 Å². The van der Waals surface area contributed by atoms with Crippen LogP contribution in [0.3, 0.4) is 0 Å². The maximum atomic E-state index is 9.50. The summed E-state index contributed by atoms with van der Waals surface area (Å²) in [5, 5.41) is 15.0. The predicted octanol–water partition coefficient (Wildman–Crippen LogP) is 3.04. The van der Waals surface area contributed by atoms with Gasteiger partial charge in [0.15, 0.2) is 0 Å². The van der Waals surface area contributed by atoms with Gasteiger partial charge in [-0.05, 0) is 37.3 Å². The molecule has 0 saturated carbocycles. The quantitative estimate of drug-likeness (QED) is 0.690. The van der Waals surface area contributed by atoms with Crippen LogP contribution in [0, 0.1) is 6.92 Å². The zero-order valence-corrected chi connectivity index (χ0v) is 9.46. The highest BCUT2D eigenvalue weighted by Gasteiger charge is 2.08. The zero-order valence-electron chi connectivity index (χ0n) is 9.46. The fraction of sp³-hybridized carbons (Fsp3) is 0.0714. The van der Waals surface area contributed by atoms with Crippen molar-refractivity contribution < 1.29 is 5.11 Å². The summed E-state index contributed by atoms with van der Waals surface area (Å²) in [6.07, 6.45) is 0. The predicted molar refractivity (Wildman–Crippen MR) is 67.5 cm³/mol. The van der Waals surface area contributed by atoms with Crippen LogP contribution in [-0.2, 0) is 0 Å². The largest absolute Gasteiger partial charge is 0.508 e. The summed E-state index contributed by atoms with van der Waals surface area (Å²) >= 11 is 0. The van der Waals surface area contributed by atoms with Crippen LogP contribution in [0.4, 0.5) is 0 Å². The van der Waals surface area contributed by atoms with Crippen molar-refractivity contribution in [1.29, 1.82) is 0 Å². The SMILES string of the molecule is Cc1c2cc(O)ccc2nn1-c1ccccc1. The van der Waals surface area contributed by atoms with Crippen molar-refractivity contribution in [2.24, 2.45) is 0 Å². The molecule has 2 aromatic carbocycles. The van der Waals surface area contributed by atoms with Gasteiger partial charge in [-0.25, -0.2) is 4.68 Å². The second-order valence-corrected chi connectivity index (χ2v) is 4.03. The fourth-order valence-electron chi connectivity index (χ4n) is 2.02. The topological polar surface area (TPSA) is 38.1 Å². The van der Waals surface area contributed by atoms with E-state index in [0.29, 0.717) is 0 Å². The van der Waals surface area contributed by atoms with Crippen LogP contribution < -0.4 is 0 Å². The molecule has 3 aromatic rings. The Bertz CT molecular complexity index is 671. The van der Waals surface area contributed by atoms with Crippen LogP contribution in [0.5, 0.6) is 5.75 Å². The van der Waals surface area contributed by atoms with Crippen molar-refractivity contribution in [3.63, 3.8) is 0 Å². The molecule has 0 unspecified atom stereocenters. The van der Waals surface area contributed by atoms with E-state index in [1.165, 1.54) is 0 Å².